The van der Waals surface area contributed by atoms with Crippen molar-refractivity contribution in [3.63, 3.8) is 0 Å². The zero-order chi connectivity index (χ0) is 63.5. The molecular formula is C53H100N5O26P. The van der Waals surface area contributed by atoms with E-state index in [2.05, 4.69) is 37.4 Å². The molecule has 0 spiro atoms. The van der Waals surface area contributed by atoms with Crippen molar-refractivity contribution in [1.29, 1.82) is 0 Å². The number of hydrogen-bond acceptors (Lipinski definition) is 26. The summed E-state index contributed by atoms with van der Waals surface area (Å²) in [5.74, 6) is -3.04. The molecule has 7 unspecified atom stereocenters. The van der Waals surface area contributed by atoms with Crippen molar-refractivity contribution in [2.45, 2.75) is 153 Å². The van der Waals surface area contributed by atoms with Crippen LogP contribution in [0.4, 0.5) is 0 Å². The van der Waals surface area contributed by atoms with Crippen molar-refractivity contribution in [2.24, 2.45) is 23.2 Å². The van der Waals surface area contributed by atoms with Gasteiger partial charge in [-0.15, -0.1) is 0 Å². The Morgan fingerprint density at radius 1 is 0.494 bits per heavy atom. The Kier molecular flexibility index (Phi) is 39.1. The number of aliphatic hydroxyl groups is 9. The van der Waals surface area contributed by atoms with Gasteiger partial charge in [-0.2, -0.15) is 0 Å². The molecule has 3 heterocycles. The van der Waals surface area contributed by atoms with Gasteiger partial charge in [0.1, 0.15) is 43.0 Å². The van der Waals surface area contributed by atoms with Crippen LogP contribution in [0.15, 0.2) is 0 Å². The molecule has 0 aliphatic carbocycles. The average Bonchev–Trinajstić information content (AvgIpc) is 3.56. The highest BCUT2D eigenvalue weighted by molar-refractivity contribution is 7.58. The molecule has 3 saturated heterocycles. The Morgan fingerprint density at radius 3 is 1.09 bits per heavy atom. The van der Waals surface area contributed by atoms with Gasteiger partial charge in [0.25, 0.3) is 0 Å². The van der Waals surface area contributed by atoms with Gasteiger partial charge >= 0.3 is 0 Å². The van der Waals surface area contributed by atoms with Gasteiger partial charge < -0.3 is 129 Å². The molecule has 3 aliphatic rings. The maximum atomic E-state index is 12.5. The first kappa shape index (κ1) is 77.9. The lowest BCUT2D eigenvalue weighted by Gasteiger charge is -2.40. The zero-order valence-corrected chi connectivity index (χ0v) is 50.9. The number of carbonyl (C=O) groups is 5. The third-order valence-electron chi connectivity index (χ3n) is 13.9. The molecular weight excluding hydrogens is 1150 g/mol. The monoisotopic (exact) mass is 1250 g/mol. The average molecular weight is 1250 g/mol. The lowest BCUT2D eigenvalue weighted by molar-refractivity contribution is -0.282. The topological polar surface area (TPSA) is 449 Å². The van der Waals surface area contributed by atoms with Gasteiger partial charge in [0, 0.05) is 82.8 Å². The Labute approximate surface area is 497 Å². The van der Waals surface area contributed by atoms with E-state index >= 15 is 0 Å². The first-order chi connectivity index (χ1) is 40.4. The molecule has 16 atom stereocenters. The SMILES string of the molecule is C=P(O)(OC)OCCCNC(=O)CC(=O)NC.CC1[C@H](OCCCNC(=O)CCOCC(C)(COCCC(=O)NCCCO[C@@H]2OC(CO)[C@H](O)[C@H](O)C2C)COCCC(=O)NCCCO[C@@H]2OC(CO)[C@H](O)[C@H](O)C2C)OC(CO)[C@H](O)[C@@H]1O. The number of ether oxygens (including phenoxy) is 9. The number of nitrogens with one attached hydrogen (secondary N) is 5. The molecule has 5 amide bonds. The lowest BCUT2D eigenvalue weighted by atomic mass is 9.92. The van der Waals surface area contributed by atoms with E-state index in [0.29, 0.717) is 51.9 Å². The molecule has 3 aliphatic heterocycles. The van der Waals surface area contributed by atoms with Crippen molar-refractivity contribution in [2.75, 3.05) is 126 Å². The highest BCUT2D eigenvalue weighted by Gasteiger charge is 2.44. The first-order valence-electron chi connectivity index (χ1n) is 28.8. The van der Waals surface area contributed by atoms with Crippen LogP contribution in [0.3, 0.4) is 0 Å². The standard InChI is InChI=1S/C44H81N3O21.C9H19N2O5P/c1-26-35(54)38(57)29(20-48)66-41(26)63-14-5-11-45-32(51)8-17-60-23-44(4,24-61-18-9-33(52)46-12-6-15-64-42-27(2)36(55)39(58)30(21-49)67-42)25-62-19-10-34(53)47-13-7-16-65-43-28(3)37(56)40(59)31(22-50)68-43;1-10-8(12)7-9(13)11-5-4-6-16-17(3,14)15-2/h26-31,35-43,48-50,54-59H,5-25H2,1-4H3,(H,45,51)(H,46,52)(H,47,53);14H,3-7H2,1-2H3,(H,10,12)(H,11,13)/t26?,27?,28?,29?,30?,31?,35-,36-,37-,38+,39+,40+,41-,42-,43-,44?;/m1./s1. The summed E-state index contributed by atoms with van der Waals surface area (Å²) in [7, 11) is -0.165. The summed E-state index contributed by atoms with van der Waals surface area (Å²) in [5, 5.41) is 102. The minimum absolute atomic E-state index is 0.0576. The van der Waals surface area contributed by atoms with Crippen molar-refractivity contribution in [3.8, 4) is 0 Å². The fraction of sp³-hybridized carbons (Fsp3) is 0.887. The highest BCUT2D eigenvalue weighted by Crippen LogP contribution is 2.41. The molecule has 3 rings (SSSR count). The van der Waals surface area contributed by atoms with E-state index in [0.717, 1.165) is 0 Å². The molecule has 0 aromatic heterocycles. The van der Waals surface area contributed by atoms with Gasteiger partial charge in [0.2, 0.25) is 37.1 Å². The molecule has 0 aromatic carbocycles. The number of hydrogen-bond donors (Lipinski definition) is 15. The lowest BCUT2D eigenvalue weighted by Crippen LogP contribution is -2.55. The smallest absolute Gasteiger partial charge is 0.247 e. The van der Waals surface area contributed by atoms with Crippen LogP contribution in [-0.4, -0.2) is 287 Å². The van der Waals surface area contributed by atoms with Crippen LogP contribution in [0.2, 0.25) is 0 Å². The molecule has 0 radical (unpaired) electrons. The summed E-state index contributed by atoms with van der Waals surface area (Å²) in [6, 6.07) is 0. The Bertz CT molecular complexity index is 1770. The molecule has 31 nitrogen and oxygen atoms in total. The van der Waals surface area contributed by atoms with E-state index in [1.165, 1.54) is 14.2 Å². The molecule has 0 saturated carbocycles. The van der Waals surface area contributed by atoms with E-state index in [1.54, 1.807) is 20.8 Å². The maximum Gasteiger partial charge on any atom is 0.247 e. The molecule has 15 N–H and O–H groups in total. The van der Waals surface area contributed by atoms with Crippen LogP contribution in [0.25, 0.3) is 0 Å². The normalized spacial score (nSPS) is 29.1. The number of carbonyl (C=O) groups excluding carboxylic acids is 5. The maximum absolute atomic E-state index is 12.5. The minimum Gasteiger partial charge on any atom is -0.394 e. The number of aliphatic hydroxyl groups excluding tert-OH is 9. The van der Waals surface area contributed by atoms with Crippen LogP contribution >= 0.6 is 7.57 Å². The predicted octanol–water partition coefficient (Wildman–Crippen LogP) is -4.51. The van der Waals surface area contributed by atoms with Crippen LogP contribution in [0.1, 0.15) is 79.1 Å². The zero-order valence-electron chi connectivity index (χ0n) is 50.0. The second-order valence-electron chi connectivity index (χ2n) is 21.3. The third-order valence-corrected chi connectivity index (χ3v) is 15.1. The molecule has 0 bridgehead atoms. The van der Waals surface area contributed by atoms with Crippen molar-refractivity contribution in [3.05, 3.63) is 0 Å². The summed E-state index contributed by atoms with van der Waals surface area (Å²) in [5.41, 5.74) is -0.736. The summed E-state index contributed by atoms with van der Waals surface area (Å²) in [6.07, 6.45) is -7.25. The van der Waals surface area contributed by atoms with E-state index in [-0.39, 0.29) is 121 Å². The van der Waals surface area contributed by atoms with Gasteiger partial charge in [-0.25, -0.2) is 0 Å². The van der Waals surface area contributed by atoms with Crippen LogP contribution in [0.5, 0.6) is 0 Å². The second kappa shape index (κ2) is 42.7. The molecule has 32 heteroatoms. The van der Waals surface area contributed by atoms with Crippen molar-refractivity contribution < 1.29 is 127 Å². The summed E-state index contributed by atoms with van der Waals surface area (Å²) >= 11 is 0. The van der Waals surface area contributed by atoms with Crippen LogP contribution in [0, 0.1) is 23.2 Å². The van der Waals surface area contributed by atoms with E-state index in [1.807, 2.05) is 6.92 Å². The summed E-state index contributed by atoms with van der Waals surface area (Å²) < 4.78 is 60.9. The Morgan fingerprint density at radius 2 is 0.800 bits per heavy atom. The van der Waals surface area contributed by atoms with E-state index in [9.17, 15) is 74.8 Å². The van der Waals surface area contributed by atoms with Gasteiger partial charge in [0.15, 0.2) is 18.9 Å². The Hall–Kier alpha value is -3.19. The van der Waals surface area contributed by atoms with Crippen LogP contribution in [-0.2, 0) is 75.7 Å². The van der Waals surface area contributed by atoms with E-state index < -0.39 is 124 Å². The van der Waals surface area contributed by atoms with Crippen molar-refractivity contribution in [1.82, 2.24) is 26.6 Å². The van der Waals surface area contributed by atoms with Crippen molar-refractivity contribution >= 4 is 43.4 Å². The molecule has 85 heavy (non-hydrogen) atoms. The van der Waals surface area contributed by atoms with Crippen LogP contribution < -0.4 is 26.6 Å². The quantitative estimate of drug-likeness (QED) is 0.0156. The molecule has 3 fully saturated rings. The Balaban J connectivity index is 0.00000125. The summed E-state index contributed by atoms with van der Waals surface area (Å²) in [6.45, 7) is 8.11. The van der Waals surface area contributed by atoms with Gasteiger partial charge in [0.05, 0.1) is 104 Å². The fourth-order valence-corrected chi connectivity index (χ4v) is 8.95. The van der Waals surface area contributed by atoms with Gasteiger partial charge in [-0.1, -0.05) is 27.7 Å². The fourth-order valence-electron chi connectivity index (χ4n) is 8.43. The first-order valence-corrected chi connectivity index (χ1v) is 30.5. The van der Waals surface area contributed by atoms with Gasteiger partial charge in [-0.05, 0) is 32.0 Å². The second-order valence-corrected chi connectivity index (χ2v) is 23.2. The summed E-state index contributed by atoms with van der Waals surface area (Å²) in [4.78, 5) is 68.9. The minimum atomic E-state index is -2.94. The highest BCUT2D eigenvalue weighted by atomic mass is 31.2. The number of amides is 5. The molecule has 498 valence electrons. The predicted molar refractivity (Wildman–Crippen MR) is 301 cm³/mol. The largest absolute Gasteiger partial charge is 0.394 e. The third kappa shape index (κ3) is 30.3. The van der Waals surface area contributed by atoms with E-state index in [4.69, 9.17) is 47.2 Å². The van der Waals surface area contributed by atoms with Gasteiger partial charge in [-0.3, -0.25) is 24.0 Å². The number of rotatable bonds is 41. The molecule has 0 aromatic rings.